The van der Waals surface area contributed by atoms with Gasteiger partial charge in [-0.2, -0.15) is 0 Å². The lowest BCUT2D eigenvalue weighted by molar-refractivity contribution is -0.147. The van der Waals surface area contributed by atoms with Gasteiger partial charge in [0.25, 0.3) is 0 Å². The van der Waals surface area contributed by atoms with E-state index in [4.69, 9.17) is 5.11 Å². The van der Waals surface area contributed by atoms with Crippen molar-refractivity contribution < 1.29 is 15.0 Å². The molecular formula is C15H25NO3. The van der Waals surface area contributed by atoms with Crippen LogP contribution in [0.4, 0.5) is 0 Å². The molecule has 1 atom stereocenters. The van der Waals surface area contributed by atoms with E-state index in [0.29, 0.717) is 6.42 Å². The van der Waals surface area contributed by atoms with Gasteiger partial charge in [0.2, 0.25) is 5.91 Å². The van der Waals surface area contributed by atoms with E-state index in [1.54, 1.807) is 0 Å². The van der Waals surface area contributed by atoms with Crippen LogP contribution >= 0.6 is 0 Å². The van der Waals surface area contributed by atoms with Gasteiger partial charge in [0.05, 0.1) is 12.6 Å². The minimum Gasteiger partial charge on any atom is -0.396 e. The molecule has 19 heavy (non-hydrogen) atoms. The number of aliphatic hydroxyl groups excluding tert-OH is 2. The standard InChI is InChI=1S/C15H25NO3/c17-2-1-13(9-18)16-14(19)15-6-10-3-11(7-15)5-12(4-10)8-15/h10-13,17-18H,1-9H2,(H,16,19)/t10?,11?,12?,13-,15?/m0/s1. The molecule has 0 radical (unpaired) electrons. The molecule has 4 nitrogen and oxygen atoms in total. The molecule has 4 bridgehead atoms. The second-order valence-corrected chi connectivity index (χ2v) is 7.06. The van der Waals surface area contributed by atoms with Crippen molar-refractivity contribution in [2.75, 3.05) is 13.2 Å². The Hall–Kier alpha value is -0.610. The maximum Gasteiger partial charge on any atom is 0.226 e. The van der Waals surface area contributed by atoms with Gasteiger partial charge < -0.3 is 15.5 Å². The van der Waals surface area contributed by atoms with Crippen LogP contribution in [0.3, 0.4) is 0 Å². The quantitative estimate of drug-likeness (QED) is 0.697. The lowest BCUT2D eigenvalue weighted by atomic mass is 9.49. The summed E-state index contributed by atoms with van der Waals surface area (Å²) in [5, 5.41) is 21.2. The third-order valence-electron chi connectivity index (χ3n) is 5.55. The van der Waals surface area contributed by atoms with E-state index < -0.39 is 0 Å². The molecule has 0 aromatic heterocycles. The Labute approximate surface area is 114 Å². The van der Waals surface area contributed by atoms with Crippen LogP contribution in [0, 0.1) is 23.2 Å². The Morgan fingerprint density at radius 2 is 1.63 bits per heavy atom. The molecule has 108 valence electrons. The van der Waals surface area contributed by atoms with Crippen molar-refractivity contribution in [2.24, 2.45) is 23.2 Å². The van der Waals surface area contributed by atoms with Crippen LogP contribution in [0.1, 0.15) is 44.9 Å². The summed E-state index contributed by atoms with van der Waals surface area (Å²) in [6, 6.07) is -0.287. The molecule has 0 heterocycles. The second kappa shape index (κ2) is 5.06. The summed E-state index contributed by atoms with van der Waals surface area (Å²) in [6.07, 6.45) is 7.55. The van der Waals surface area contributed by atoms with Gasteiger partial charge in [-0.3, -0.25) is 4.79 Å². The second-order valence-electron chi connectivity index (χ2n) is 7.06. The zero-order chi connectivity index (χ0) is 13.5. The topological polar surface area (TPSA) is 69.6 Å². The number of carbonyl (C=O) groups excluding carboxylic acids is 1. The number of hydrogen-bond acceptors (Lipinski definition) is 3. The van der Waals surface area contributed by atoms with E-state index in [1.165, 1.54) is 19.3 Å². The highest BCUT2D eigenvalue weighted by atomic mass is 16.3. The molecule has 3 N–H and O–H groups in total. The molecule has 0 aliphatic heterocycles. The van der Waals surface area contributed by atoms with Crippen LogP contribution in [0.2, 0.25) is 0 Å². The van der Waals surface area contributed by atoms with Crippen molar-refractivity contribution >= 4 is 5.91 Å². The van der Waals surface area contributed by atoms with Crippen LogP contribution in [-0.4, -0.2) is 35.4 Å². The van der Waals surface area contributed by atoms with Gasteiger partial charge in [0, 0.05) is 12.0 Å². The zero-order valence-electron chi connectivity index (χ0n) is 11.5. The monoisotopic (exact) mass is 267 g/mol. The normalized spacial score (nSPS) is 41.3. The minimum absolute atomic E-state index is 0.00633. The van der Waals surface area contributed by atoms with Gasteiger partial charge in [-0.25, -0.2) is 0 Å². The van der Waals surface area contributed by atoms with Crippen molar-refractivity contribution in [3.8, 4) is 0 Å². The summed E-state index contributed by atoms with van der Waals surface area (Å²) >= 11 is 0. The summed E-state index contributed by atoms with van der Waals surface area (Å²) in [4.78, 5) is 12.6. The van der Waals surface area contributed by atoms with Crippen molar-refractivity contribution in [3.63, 3.8) is 0 Å². The molecule has 0 aromatic rings. The average molecular weight is 267 g/mol. The fraction of sp³-hybridized carbons (Fsp3) is 0.933. The number of hydrogen-bond donors (Lipinski definition) is 3. The van der Waals surface area contributed by atoms with E-state index in [9.17, 15) is 9.90 Å². The number of carbonyl (C=O) groups is 1. The third kappa shape index (κ3) is 2.40. The Balaban J connectivity index is 1.69. The molecule has 4 heteroatoms. The Bertz CT molecular complexity index is 320. The molecule has 4 fully saturated rings. The highest BCUT2D eigenvalue weighted by Crippen LogP contribution is 2.60. The van der Waals surface area contributed by atoms with E-state index in [1.807, 2.05) is 0 Å². The largest absolute Gasteiger partial charge is 0.396 e. The summed E-state index contributed by atoms with van der Waals surface area (Å²) in [5.74, 6) is 2.39. The summed E-state index contributed by atoms with van der Waals surface area (Å²) in [5.41, 5.74) is -0.155. The first-order valence-electron chi connectivity index (χ1n) is 7.68. The Kier molecular flexibility index (Phi) is 3.56. The molecular weight excluding hydrogens is 242 g/mol. The van der Waals surface area contributed by atoms with Crippen molar-refractivity contribution in [1.82, 2.24) is 5.32 Å². The first-order valence-corrected chi connectivity index (χ1v) is 7.68. The highest BCUT2D eigenvalue weighted by Gasteiger charge is 2.54. The van der Waals surface area contributed by atoms with Gasteiger partial charge in [0.15, 0.2) is 0 Å². The number of aliphatic hydroxyl groups is 2. The van der Waals surface area contributed by atoms with Gasteiger partial charge in [-0.05, 0) is 62.7 Å². The predicted octanol–water partition coefficient (Wildman–Crippen LogP) is 1.06. The minimum atomic E-state index is -0.287. The van der Waals surface area contributed by atoms with E-state index >= 15 is 0 Å². The average Bonchev–Trinajstić information content (AvgIpc) is 2.36. The number of amides is 1. The SMILES string of the molecule is O=C(N[C@H](CO)CCO)C12CC3CC(CC(C3)C1)C2. The van der Waals surface area contributed by atoms with Crippen LogP contribution in [0.15, 0.2) is 0 Å². The molecule has 1 amide bonds. The van der Waals surface area contributed by atoms with Gasteiger partial charge in [-0.15, -0.1) is 0 Å². The fourth-order valence-corrected chi connectivity index (χ4v) is 5.09. The molecule has 0 unspecified atom stereocenters. The summed E-state index contributed by atoms with van der Waals surface area (Å²) in [7, 11) is 0. The maximum absolute atomic E-state index is 12.6. The van der Waals surface area contributed by atoms with Crippen molar-refractivity contribution in [1.29, 1.82) is 0 Å². The molecule has 4 rings (SSSR count). The Morgan fingerprint density at radius 3 is 2.05 bits per heavy atom. The molecule has 0 saturated heterocycles. The molecule has 4 saturated carbocycles. The van der Waals surface area contributed by atoms with Gasteiger partial charge in [0.1, 0.15) is 0 Å². The lowest BCUT2D eigenvalue weighted by Crippen LogP contribution is -2.55. The maximum atomic E-state index is 12.6. The van der Waals surface area contributed by atoms with E-state index in [0.717, 1.165) is 37.0 Å². The van der Waals surface area contributed by atoms with Crippen LogP contribution in [0.25, 0.3) is 0 Å². The predicted molar refractivity (Wildman–Crippen MR) is 71.3 cm³/mol. The molecule has 4 aliphatic carbocycles. The van der Waals surface area contributed by atoms with Crippen LogP contribution in [-0.2, 0) is 4.79 Å². The molecule has 0 aromatic carbocycles. The van der Waals surface area contributed by atoms with Gasteiger partial charge >= 0.3 is 0 Å². The molecule has 0 spiro atoms. The third-order valence-corrected chi connectivity index (χ3v) is 5.55. The molecule has 4 aliphatic rings. The van der Waals surface area contributed by atoms with Crippen molar-refractivity contribution in [3.05, 3.63) is 0 Å². The zero-order valence-corrected chi connectivity index (χ0v) is 11.5. The first-order chi connectivity index (χ1) is 9.15. The number of nitrogens with one attached hydrogen (secondary N) is 1. The highest BCUT2D eigenvalue weighted by molar-refractivity contribution is 5.83. The van der Waals surface area contributed by atoms with Crippen molar-refractivity contribution in [2.45, 2.75) is 51.0 Å². The lowest BCUT2D eigenvalue weighted by Gasteiger charge is -2.55. The van der Waals surface area contributed by atoms with E-state index in [2.05, 4.69) is 5.32 Å². The first kappa shape index (κ1) is 13.4. The van der Waals surface area contributed by atoms with Crippen LogP contribution < -0.4 is 5.32 Å². The fourth-order valence-electron chi connectivity index (χ4n) is 5.09. The van der Waals surface area contributed by atoms with Gasteiger partial charge in [-0.1, -0.05) is 0 Å². The van der Waals surface area contributed by atoms with Crippen LogP contribution in [0.5, 0.6) is 0 Å². The number of rotatable bonds is 5. The summed E-state index contributed by atoms with van der Waals surface area (Å²) < 4.78 is 0. The summed E-state index contributed by atoms with van der Waals surface area (Å²) in [6.45, 7) is -0.0783. The smallest absolute Gasteiger partial charge is 0.226 e. The Morgan fingerprint density at radius 1 is 1.11 bits per heavy atom. The van der Waals surface area contributed by atoms with E-state index in [-0.39, 0.29) is 30.6 Å².